The largest absolute Gasteiger partial charge is 0.375 e. The van der Waals surface area contributed by atoms with Crippen molar-refractivity contribution in [2.24, 2.45) is 10.6 Å². The number of nitrogens with two attached hydrogens (primary N) is 1. The van der Waals surface area contributed by atoms with Crippen LogP contribution in [0, 0.1) is 5.41 Å². The normalized spacial score (nSPS) is 30.2. The molecule has 0 bridgehead atoms. The van der Waals surface area contributed by atoms with Crippen LogP contribution in [0.25, 0.3) is 0 Å². The van der Waals surface area contributed by atoms with Gasteiger partial charge >= 0.3 is 0 Å². The van der Waals surface area contributed by atoms with Gasteiger partial charge in [-0.3, -0.25) is 0 Å². The standard InChI is InChI=1S/C12H23N3O3S/c1-14-4-2-10(3-5-14)18-11-6-12(7-11)8-15(9-12)19(13,16)17/h10-11H,2-9H2,1H3,(H2,13,16,17). The lowest BCUT2D eigenvalue weighted by molar-refractivity contribution is -0.158. The Hall–Kier alpha value is -0.210. The summed E-state index contributed by atoms with van der Waals surface area (Å²) in [5.74, 6) is 0. The molecule has 3 fully saturated rings. The van der Waals surface area contributed by atoms with Gasteiger partial charge in [-0.2, -0.15) is 12.7 Å². The predicted octanol–water partition coefficient (Wildman–Crippen LogP) is -0.235. The van der Waals surface area contributed by atoms with Crippen LogP contribution in [-0.2, 0) is 14.9 Å². The van der Waals surface area contributed by atoms with Gasteiger partial charge in [-0.15, -0.1) is 0 Å². The molecule has 2 N–H and O–H groups in total. The van der Waals surface area contributed by atoms with Crippen molar-refractivity contribution in [1.82, 2.24) is 9.21 Å². The van der Waals surface area contributed by atoms with Gasteiger partial charge in [0.25, 0.3) is 10.2 Å². The summed E-state index contributed by atoms with van der Waals surface area (Å²) < 4.78 is 29.7. The second-order valence-electron chi connectivity index (χ2n) is 6.48. The summed E-state index contributed by atoms with van der Waals surface area (Å²) in [5, 5.41) is 5.10. The molecule has 0 aromatic rings. The Morgan fingerprint density at radius 2 is 1.74 bits per heavy atom. The molecule has 0 aromatic carbocycles. The van der Waals surface area contributed by atoms with E-state index in [-0.39, 0.29) is 5.41 Å². The molecule has 1 spiro atoms. The lowest BCUT2D eigenvalue weighted by Crippen LogP contribution is -2.66. The van der Waals surface area contributed by atoms with Crippen molar-refractivity contribution in [3.05, 3.63) is 0 Å². The summed E-state index contributed by atoms with van der Waals surface area (Å²) >= 11 is 0. The average Bonchev–Trinajstić information content (AvgIpc) is 2.20. The molecule has 1 saturated carbocycles. The second-order valence-corrected chi connectivity index (χ2v) is 8.03. The van der Waals surface area contributed by atoms with E-state index >= 15 is 0 Å². The topological polar surface area (TPSA) is 75.9 Å². The van der Waals surface area contributed by atoms with E-state index in [1.165, 1.54) is 4.31 Å². The number of likely N-dealkylation sites (tertiary alicyclic amines) is 1. The summed E-state index contributed by atoms with van der Waals surface area (Å²) in [5.41, 5.74) is 0.169. The zero-order valence-electron chi connectivity index (χ0n) is 11.4. The van der Waals surface area contributed by atoms with Crippen molar-refractivity contribution in [2.75, 3.05) is 33.2 Å². The van der Waals surface area contributed by atoms with E-state index < -0.39 is 10.2 Å². The summed E-state index contributed by atoms with van der Waals surface area (Å²) in [7, 11) is -1.33. The first kappa shape index (κ1) is 13.8. The van der Waals surface area contributed by atoms with Crippen LogP contribution >= 0.6 is 0 Å². The predicted molar refractivity (Wildman–Crippen MR) is 71.7 cm³/mol. The molecule has 6 nitrogen and oxygen atoms in total. The molecule has 2 heterocycles. The highest BCUT2D eigenvalue weighted by molar-refractivity contribution is 7.86. The molecule has 2 aliphatic heterocycles. The Morgan fingerprint density at radius 3 is 2.26 bits per heavy atom. The second kappa shape index (κ2) is 4.66. The third kappa shape index (κ3) is 2.80. The monoisotopic (exact) mass is 289 g/mol. The van der Waals surface area contributed by atoms with Gasteiger partial charge in [-0.05, 0) is 32.7 Å². The van der Waals surface area contributed by atoms with Crippen molar-refractivity contribution in [3.8, 4) is 0 Å². The van der Waals surface area contributed by atoms with Crippen LogP contribution in [-0.4, -0.2) is 63.1 Å². The summed E-state index contributed by atoms with van der Waals surface area (Å²) in [6.07, 6.45) is 4.94. The van der Waals surface area contributed by atoms with E-state index in [1.807, 2.05) is 0 Å². The number of ether oxygens (including phenoxy) is 1. The van der Waals surface area contributed by atoms with Crippen molar-refractivity contribution in [3.63, 3.8) is 0 Å². The third-order valence-electron chi connectivity index (χ3n) is 4.76. The molecule has 19 heavy (non-hydrogen) atoms. The highest BCUT2D eigenvalue weighted by atomic mass is 32.2. The maximum Gasteiger partial charge on any atom is 0.276 e. The quantitative estimate of drug-likeness (QED) is 0.778. The van der Waals surface area contributed by atoms with Crippen LogP contribution in [0.4, 0.5) is 0 Å². The smallest absolute Gasteiger partial charge is 0.276 e. The first-order chi connectivity index (χ1) is 8.86. The van der Waals surface area contributed by atoms with Gasteiger partial charge in [0, 0.05) is 31.6 Å². The summed E-state index contributed by atoms with van der Waals surface area (Å²) in [6.45, 7) is 3.39. The number of hydrogen-bond donors (Lipinski definition) is 1. The molecule has 110 valence electrons. The van der Waals surface area contributed by atoms with Crippen LogP contribution in [0.3, 0.4) is 0 Å². The Kier molecular flexibility index (Phi) is 3.38. The minimum atomic E-state index is -3.48. The molecule has 0 aromatic heterocycles. The van der Waals surface area contributed by atoms with Crippen LogP contribution in [0.5, 0.6) is 0 Å². The molecular weight excluding hydrogens is 266 g/mol. The minimum absolute atomic E-state index is 0.169. The Morgan fingerprint density at radius 1 is 1.16 bits per heavy atom. The van der Waals surface area contributed by atoms with Crippen molar-refractivity contribution in [2.45, 2.75) is 37.9 Å². The number of rotatable bonds is 3. The summed E-state index contributed by atoms with van der Waals surface area (Å²) in [4.78, 5) is 2.33. The maximum atomic E-state index is 11.1. The molecule has 0 radical (unpaired) electrons. The first-order valence-corrected chi connectivity index (χ1v) is 8.49. The fourth-order valence-electron chi connectivity index (χ4n) is 3.54. The van der Waals surface area contributed by atoms with Crippen LogP contribution in [0.15, 0.2) is 0 Å². The fraction of sp³-hybridized carbons (Fsp3) is 1.00. The fourth-order valence-corrected chi connectivity index (χ4v) is 4.44. The van der Waals surface area contributed by atoms with E-state index in [4.69, 9.17) is 9.88 Å². The minimum Gasteiger partial charge on any atom is -0.375 e. The van der Waals surface area contributed by atoms with Gasteiger partial charge in [-0.1, -0.05) is 0 Å². The maximum absolute atomic E-state index is 11.1. The van der Waals surface area contributed by atoms with Gasteiger partial charge in [0.15, 0.2) is 0 Å². The SMILES string of the molecule is CN1CCC(OC2CC3(C2)CN(S(N)(=O)=O)C3)CC1. The Labute approximate surface area is 115 Å². The van der Waals surface area contributed by atoms with Crippen LogP contribution in [0.1, 0.15) is 25.7 Å². The van der Waals surface area contributed by atoms with Gasteiger partial charge in [0.2, 0.25) is 0 Å². The van der Waals surface area contributed by atoms with Gasteiger partial charge in [0.1, 0.15) is 0 Å². The van der Waals surface area contributed by atoms with Gasteiger partial charge in [-0.25, -0.2) is 5.14 Å². The van der Waals surface area contributed by atoms with Crippen LogP contribution in [0.2, 0.25) is 0 Å². The van der Waals surface area contributed by atoms with Crippen LogP contribution < -0.4 is 5.14 Å². The molecule has 7 heteroatoms. The van der Waals surface area contributed by atoms with E-state index in [2.05, 4.69) is 11.9 Å². The van der Waals surface area contributed by atoms with E-state index in [9.17, 15) is 8.42 Å². The molecule has 0 amide bonds. The lowest BCUT2D eigenvalue weighted by atomic mass is 9.63. The van der Waals surface area contributed by atoms with E-state index in [0.29, 0.717) is 25.3 Å². The lowest BCUT2D eigenvalue weighted by Gasteiger charge is -2.58. The first-order valence-electron chi connectivity index (χ1n) is 6.98. The zero-order valence-corrected chi connectivity index (χ0v) is 12.2. The highest BCUT2D eigenvalue weighted by Crippen LogP contribution is 2.50. The zero-order chi connectivity index (χ0) is 13.7. The van der Waals surface area contributed by atoms with E-state index in [0.717, 1.165) is 38.8 Å². The Balaban J connectivity index is 1.40. The molecule has 0 atom stereocenters. The third-order valence-corrected chi connectivity index (χ3v) is 5.73. The molecule has 0 unspecified atom stereocenters. The molecule has 2 saturated heterocycles. The molecule has 1 aliphatic carbocycles. The van der Waals surface area contributed by atoms with Gasteiger partial charge < -0.3 is 9.64 Å². The molecular formula is C12H23N3O3S. The highest BCUT2D eigenvalue weighted by Gasteiger charge is 2.55. The van der Waals surface area contributed by atoms with Crippen molar-refractivity contribution < 1.29 is 13.2 Å². The van der Waals surface area contributed by atoms with Crippen molar-refractivity contribution in [1.29, 1.82) is 0 Å². The van der Waals surface area contributed by atoms with Gasteiger partial charge in [0.05, 0.1) is 12.2 Å². The summed E-state index contributed by atoms with van der Waals surface area (Å²) in [6, 6.07) is 0. The molecule has 3 rings (SSSR count). The molecule has 3 aliphatic rings. The number of hydrogen-bond acceptors (Lipinski definition) is 4. The average molecular weight is 289 g/mol. The number of nitrogens with zero attached hydrogens (tertiary/aromatic N) is 2. The number of piperidine rings is 1. The van der Waals surface area contributed by atoms with Crippen molar-refractivity contribution >= 4 is 10.2 Å². The Bertz CT molecular complexity index is 431. The van der Waals surface area contributed by atoms with E-state index in [1.54, 1.807) is 0 Å².